The first-order valence-corrected chi connectivity index (χ1v) is 7.88. The number of nitrogens with one attached hydrogen (secondary N) is 2. The first kappa shape index (κ1) is 17.0. The Kier molecular flexibility index (Phi) is 8.26. The number of unbranched alkanes of at least 4 members (excludes halogenated alkanes) is 2. The Bertz CT molecular complexity index is 307. The van der Waals surface area contributed by atoms with Crippen LogP contribution in [0.2, 0.25) is 0 Å². The Morgan fingerprint density at radius 1 is 1.05 bits per heavy atom. The van der Waals surface area contributed by atoms with Gasteiger partial charge in [0.25, 0.3) is 0 Å². The number of hydrogen-bond acceptors (Lipinski definition) is 3. The van der Waals surface area contributed by atoms with Crippen LogP contribution < -0.4 is 10.6 Å². The summed E-state index contributed by atoms with van der Waals surface area (Å²) in [6.07, 6.45) is 6.79. The summed E-state index contributed by atoms with van der Waals surface area (Å²) < 4.78 is 0. The lowest BCUT2D eigenvalue weighted by atomic mass is 9.79. The van der Waals surface area contributed by atoms with Crippen molar-refractivity contribution >= 4 is 11.9 Å². The molecular weight excluding hydrogens is 256 g/mol. The Labute approximate surface area is 121 Å². The Balaban J connectivity index is 2.19. The smallest absolute Gasteiger partial charge is 0.307 e. The molecule has 5 heteroatoms. The highest BCUT2D eigenvalue weighted by Gasteiger charge is 2.35. The Hall–Kier alpha value is -1.10. The summed E-state index contributed by atoms with van der Waals surface area (Å²) in [5, 5.41) is 15.3. The van der Waals surface area contributed by atoms with Gasteiger partial charge in [0.1, 0.15) is 0 Å². The van der Waals surface area contributed by atoms with Gasteiger partial charge in [-0.05, 0) is 25.8 Å². The Morgan fingerprint density at radius 2 is 1.75 bits per heavy atom. The number of carbonyl (C=O) groups excluding carboxylic acids is 1. The monoisotopic (exact) mass is 284 g/mol. The topological polar surface area (TPSA) is 78.4 Å². The van der Waals surface area contributed by atoms with E-state index in [9.17, 15) is 9.59 Å². The maximum absolute atomic E-state index is 12.0. The van der Waals surface area contributed by atoms with Crippen molar-refractivity contribution in [1.29, 1.82) is 0 Å². The summed E-state index contributed by atoms with van der Waals surface area (Å²) >= 11 is 0. The van der Waals surface area contributed by atoms with Crippen LogP contribution in [0.1, 0.15) is 51.9 Å². The Morgan fingerprint density at radius 3 is 2.40 bits per heavy atom. The number of rotatable bonds is 9. The minimum atomic E-state index is -0.831. The van der Waals surface area contributed by atoms with Crippen LogP contribution in [-0.2, 0) is 9.59 Å². The van der Waals surface area contributed by atoms with Gasteiger partial charge in [0.05, 0.1) is 11.8 Å². The molecule has 5 nitrogen and oxygen atoms in total. The van der Waals surface area contributed by atoms with Crippen molar-refractivity contribution in [2.24, 2.45) is 11.8 Å². The molecule has 116 valence electrons. The number of carboxylic acids is 1. The molecule has 0 saturated heterocycles. The van der Waals surface area contributed by atoms with E-state index in [1.807, 2.05) is 0 Å². The molecule has 0 aliphatic heterocycles. The van der Waals surface area contributed by atoms with E-state index in [1.54, 1.807) is 0 Å². The van der Waals surface area contributed by atoms with Gasteiger partial charge in [-0.25, -0.2) is 0 Å². The molecule has 2 atom stereocenters. The largest absolute Gasteiger partial charge is 0.481 e. The van der Waals surface area contributed by atoms with Crippen molar-refractivity contribution in [3.63, 3.8) is 0 Å². The molecule has 1 fully saturated rings. The summed E-state index contributed by atoms with van der Waals surface area (Å²) in [7, 11) is 0. The maximum Gasteiger partial charge on any atom is 0.307 e. The van der Waals surface area contributed by atoms with Gasteiger partial charge in [-0.3, -0.25) is 9.59 Å². The second-order valence-corrected chi connectivity index (χ2v) is 5.58. The molecule has 1 amide bonds. The molecule has 0 aromatic rings. The second kappa shape index (κ2) is 9.75. The van der Waals surface area contributed by atoms with Crippen LogP contribution in [0.3, 0.4) is 0 Å². The SMILES string of the molecule is CCCCCNCCNC(=O)C1CCCCC1C(=O)O. The van der Waals surface area contributed by atoms with E-state index in [-0.39, 0.29) is 11.8 Å². The number of carboxylic acid groups (broad SMARTS) is 1. The standard InChI is InChI=1S/C15H28N2O3/c1-2-3-6-9-16-10-11-17-14(18)12-7-4-5-8-13(12)15(19)20/h12-13,16H,2-11H2,1H3,(H,17,18)(H,19,20). The zero-order valence-corrected chi connectivity index (χ0v) is 12.5. The van der Waals surface area contributed by atoms with Gasteiger partial charge >= 0.3 is 5.97 Å². The van der Waals surface area contributed by atoms with Crippen LogP contribution in [0.15, 0.2) is 0 Å². The van der Waals surface area contributed by atoms with Crippen LogP contribution in [-0.4, -0.2) is 36.6 Å². The van der Waals surface area contributed by atoms with Crippen molar-refractivity contribution in [2.75, 3.05) is 19.6 Å². The summed E-state index contributed by atoms with van der Waals surface area (Å²) in [6.45, 7) is 4.47. The van der Waals surface area contributed by atoms with Crippen molar-refractivity contribution < 1.29 is 14.7 Å². The van der Waals surface area contributed by atoms with E-state index in [1.165, 1.54) is 12.8 Å². The predicted octanol–water partition coefficient (Wildman–Crippen LogP) is 1.77. The van der Waals surface area contributed by atoms with E-state index < -0.39 is 11.9 Å². The highest BCUT2D eigenvalue weighted by atomic mass is 16.4. The third-order valence-corrected chi connectivity index (χ3v) is 3.98. The van der Waals surface area contributed by atoms with Crippen molar-refractivity contribution in [3.05, 3.63) is 0 Å². The van der Waals surface area contributed by atoms with E-state index in [4.69, 9.17) is 5.11 Å². The quantitative estimate of drug-likeness (QED) is 0.564. The molecule has 0 spiro atoms. The van der Waals surface area contributed by atoms with Crippen LogP contribution in [0.25, 0.3) is 0 Å². The zero-order valence-electron chi connectivity index (χ0n) is 12.5. The van der Waals surface area contributed by atoms with Gasteiger partial charge in [-0.2, -0.15) is 0 Å². The summed E-state index contributed by atoms with van der Waals surface area (Å²) in [4.78, 5) is 23.2. The van der Waals surface area contributed by atoms with Gasteiger partial charge in [-0.1, -0.05) is 32.6 Å². The molecule has 0 heterocycles. The number of aliphatic carboxylic acids is 1. The molecule has 0 aromatic carbocycles. The van der Waals surface area contributed by atoms with Gasteiger partial charge < -0.3 is 15.7 Å². The lowest BCUT2D eigenvalue weighted by Gasteiger charge is -2.27. The average molecular weight is 284 g/mol. The molecule has 0 radical (unpaired) electrons. The lowest BCUT2D eigenvalue weighted by Crippen LogP contribution is -2.42. The fraction of sp³-hybridized carbons (Fsp3) is 0.867. The van der Waals surface area contributed by atoms with Crippen molar-refractivity contribution in [1.82, 2.24) is 10.6 Å². The first-order chi connectivity index (χ1) is 9.66. The molecule has 20 heavy (non-hydrogen) atoms. The van der Waals surface area contributed by atoms with Crippen LogP contribution in [0.5, 0.6) is 0 Å². The van der Waals surface area contributed by atoms with Crippen LogP contribution in [0, 0.1) is 11.8 Å². The number of hydrogen-bond donors (Lipinski definition) is 3. The van der Waals surface area contributed by atoms with Gasteiger partial charge in [0.15, 0.2) is 0 Å². The van der Waals surface area contributed by atoms with Gasteiger partial charge in [0.2, 0.25) is 5.91 Å². The molecule has 1 aliphatic rings. The second-order valence-electron chi connectivity index (χ2n) is 5.58. The van der Waals surface area contributed by atoms with Crippen molar-refractivity contribution in [3.8, 4) is 0 Å². The average Bonchev–Trinajstić information content (AvgIpc) is 2.46. The van der Waals surface area contributed by atoms with E-state index in [0.29, 0.717) is 19.4 Å². The molecule has 0 aromatic heterocycles. The van der Waals surface area contributed by atoms with Gasteiger partial charge in [-0.15, -0.1) is 0 Å². The molecular formula is C15H28N2O3. The minimum Gasteiger partial charge on any atom is -0.481 e. The third-order valence-electron chi connectivity index (χ3n) is 3.98. The molecule has 3 N–H and O–H groups in total. The molecule has 1 aliphatic carbocycles. The summed E-state index contributed by atoms with van der Waals surface area (Å²) in [5.74, 6) is -1.77. The van der Waals surface area contributed by atoms with E-state index in [0.717, 1.165) is 32.4 Å². The van der Waals surface area contributed by atoms with E-state index in [2.05, 4.69) is 17.6 Å². The molecule has 2 unspecified atom stereocenters. The normalized spacial score (nSPS) is 22.4. The highest BCUT2D eigenvalue weighted by Crippen LogP contribution is 2.30. The lowest BCUT2D eigenvalue weighted by molar-refractivity contribution is -0.148. The number of carbonyl (C=O) groups is 2. The maximum atomic E-state index is 12.0. The number of amides is 1. The van der Waals surface area contributed by atoms with Crippen LogP contribution >= 0.6 is 0 Å². The predicted molar refractivity (Wildman–Crippen MR) is 78.5 cm³/mol. The minimum absolute atomic E-state index is 0.0903. The van der Waals surface area contributed by atoms with Crippen molar-refractivity contribution in [2.45, 2.75) is 51.9 Å². The zero-order chi connectivity index (χ0) is 14.8. The van der Waals surface area contributed by atoms with Crippen LogP contribution in [0.4, 0.5) is 0 Å². The van der Waals surface area contributed by atoms with E-state index >= 15 is 0 Å². The fourth-order valence-corrected chi connectivity index (χ4v) is 2.77. The molecule has 1 saturated carbocycles. The third kappa shape index (κ3) is 5.90. The van der Waals surface area contributed by atoms with Gasteiger partial charge in [0, 0.05) is 13.1 Å². The molecule has 1 rings (SSSR count). The summed E-state index contributed by atoms with van der Waals surface area (Å²) in [5.41, 5.74) is 0. The highest BCUT2D eigenvalue weighted by molar-refractivity contribution is 5.84. The fourth-order valence-electron chi connectivity index (χ4n) is 2.77. The summed E-state index contributed by atoms with van der Waals surface area (Å²) in [6, 6.07) is 0. The molecule has 0 bridgehead atoms. The first-order valence-electron chi connectivity index (χ1n) is 7.88.